The van der Waals surface area contributed by atoms with Gasteiger partial charge >= 0.3 is 0 Å². The number of amides is 2. The number of ether oxygens (including phenoxy) is 1. The Kier molecular flexibility index (Phi) is 9.01. The maximum Gasteiger partial charge on any atom is 0.253 e. The van der Waals surface area contributed by atoms with Gasteiger partial charge in [0.15, 0.2) is 0 Å². The van der Waals surface area contributed by atoms with E-state index in [-0.39, 0.29) is 18.2 Å². The molecule has 0 N–H and O–H groups in total. The molecule has 1 atom stereocenters. The van der Waals surface area contributed by atoms with Gasteiger partial charge in [0.2, 0.25) is 5.91 Å². The van der Waals surface area contributed by atoms with E-state index in [0.29, 0.717) is 52.6 Å². The van der Waals surface area contributed by atoms with E-state index in [1.54, 1.807) is 52.3 Å². The van der Waals surface area contributed by atoms with Crippen LogP contribution in [0.15, 0.2) is 72.8 Å². The van der Waals surface area contributed by atoms with Crippen LogP contribution in [0.5, 0.6) is 5.75 Å². The lowest BCUT2D eigenvalue weighted by Gasteiger charge is -2.43. The van der Waals surface area contributed by atoms with Crippen LogP contribution < -0.4 is 4.74 Å². The average molecular weight is 560 g/mol. The van der Waals surface area contributed by atoms with Crippen molar-refractivity contribution < 1.29 is 14.3 Å². The number of likely N-dealkylation sites (tertiary alicyclic amines) is 1. The quantitative estimate of drug-likeness (QED) is 0.299. The fraction of sp³-hybridized carbons (Fsp3) is 0.310. The molecule has 37 heavy (non-hydrogen) atoms. The molecule has 0 radical (unpaired) electrons. The highest BCUT2D eigenvalue weighted by molar-refractivity contribution is 6.42. The molecule has 1 unspecified atom stereocenters. The monoisotopic (exact) mass is 558 g/mol. The maximum absolute atomic E-state index is 13.4. The zero-order valence-electron chi connectivity index (χ0n) is 20.6. The van der Waals surface area contributed by atoms with Gasteiger partial charge in [-0.25, -0.2) is 0 Å². The van der Waals surface area contributed by atoms with Crippen molar-refractivity contribution in [2.75, 3.05) is 26.7 Å². The molecular formula is C29H29Cl3N2O3. The largest absolute Gasteiger partial charge is 0.493 e. The Bertz CT molecular complexity index is 1240. The van der Waals surface area contributed by atoms with Gasteiger partial charge in [0, 0.05) is 49.1 Å². The highest BCUT2D eigenvalue weighted by Crippen LogP contribution is 2.36. The average Bonchev–Trinajstić information content (AvgIpc) is 2.90. The molecule has 0 spiro atoms. The van der Waals surface area contributed by atoms with E-state index < -0.39 is 5.41 Å². The molecule has 0 aromatic heterocycles. The fourth-order valence-electron chi connectivity index (χ4n) is 4.67. The molecule has 8 heteroatoms. The Balaban J connectivity index is 1.53. The number of benzene rings is 3. The maximum atomic E-state index is 13.4. The molecular weight excluding hydrogens is 531 g/mol. The Hall–Kier alpha value is -2.73. The van der Waals surface area contributed by atoms with E-state index in [1.807, 2.05) is 37.4 Å². The van der Waals surface area contributed by atoms with Gasteiger partial charge in [-0.05, 0) is 60.9 Å². The van der Waals surface area contributed by atoms with Gasteiger partial charge in [-0.3, -0.25) is 9.59 Å². The molecule has 0 bridgehead atoms. The lowest BCUT2D eigenvalue weighted by molar-refractivity contribution is -0.134. The summed E-state index contributed by atoms with van der Waals surface area (Å²) in [5, 5.41) is 1.35. The second-order valence-electron chi connectivity index (χ2n) is 9.61. The molecule has 4 rings (SSSR count). The smallest absolute Gasteiger partial charge is 0.253 e. The third-order valence-electron chi connectivity index (χ3n) is 6.69. The van der Waals surface area contributed by atoms with E-state index in [0.717, 1.165) is 18.4 Å². The Morgan fingerprint density at radius 3 is 2.41 bits per heavy atom. The van der Waals surface area contributed by atoms with Gasteiger partial charge < -0.3 is 14.5 Å². The van der Waals surface area contributed by atoms with E-state index >= 15 is 0 Å². The van der Waals surface area contributed by atoms with Crippen molar-refractivity contribution in [1.29, 1.82) is 0 Å². The van der Waals surface area contributed by atoms with Gasteiger partial charge in [-0.15, -0.1) is 0 Å². The molecule has 1 saturated heterocycles. The SMILES string of the molecule is CN(Cc1ccccc1)C(=O)CC1(COc2ccc(Cl)cc2)CCCN(C(=O)c2ccc(Cl)c(Cl)c2)C1. The van der Waals surface area contributed by atoms with Crippen LogP contribution in [0.2, 0.25) is 15.1 Å². The van der Waals surface area contributed by atoms with Crippen molar-refractivity contribution in [3.05, 3.63) is 99.0 Å². The molecule has 5 nitrogen and oxygen atoms in total. The summed E-state index contributed by atoms with van der Waals surface area (Å²) < 4.78 is 6.17. The highest BCUT2D eigenvalue weighted by Gasteiger charge is 2.40. The first kappa shape index (κ1) is 27.3. The first-order valence-corrected chi connectivity index (χ1v) is 13.3. The minimum Gasteiger partial charge on any atom is -0.493 e. The second kappa shape index (κ2) is 12.2. The molecule has 1 aliphatic rings. The summed E-state index contributed by atoms with van der Waals surface area (Å²) in [5.41, 5.74) is 0.979. The van der Waals surface area contributed by atoms with Crippen molar-refractivity contribution in [3.8, 4) is 5.75 Å². The molecule has 3 aromatic rings. The lowest BCUT2D eigenvalue weighted by atomic mass is 9.77. The Morgan fingerprint density at radius 1 is 0.973 bits per heavy atom. The normalized spacial score (nSPS) is 17.4. The molecule has 194 valence electrons. The minimum atomic E-state index is -0.550. The minimum absolute atomic E-state index is 0.00685. The van der Waals surface area contributed by atoms with Gasteiger partial charge in [0.1, 0.15) is 5.75 Å². The third kappa shape index (κ3) is 7.19. The lowest BCUT2D eigenvalue weighted by Crippen LogP contribution is -2.50. The topological polar surface area (TPSA) is 49.9 Å². The van der Waals surface area contributed by atoms with Crippen molar-refractivity contribution in [2.45, 2.75) is 25.8 Å². The number of rotatable bonds is 8. The molecule has 2 amide bonds. The third-order valence-corrected chi connectivity index (χ3v) is 7.68. The van der Waals surface area contributed by atoms with Crippen LogP contribution in [0.4, 0.5) is 0 Å². The van der Waals surface area contributed by atoms with E-state index in [4.69, 9.17) is 39.5 Å². The van der Waals surface area contributed by atoms with Crippen molar-refractivity contribution in [2.24, 2.45) is 5.41 Å². The predicted octanol–water partition coefficient (Wildman–Crippen LogP) is 7.00. The zero-order valence-corrected chi connectivity index (χ0v) is 22.9. The van der Waals surface area contributed by atoms with Crippen LogP contribution in [0.1, 0.15) is 35.2 Å². The highest BCUT2D eigenvalue weighted by atomic mass is 35.5. The number of nitrogens with zero attached hydrogens (tertiary/aromatic N) is 2. The van der Waals surface area contributed by atoms with Gasteiger partial charge in [-0.2, -0.15) is 0 Å². The van der Waals surface area contributed by atoms with Crippen LogP contribution in [0.3, 0.4) is 0 Å². The summed E-state index contributed by atoms with van der Waals surface area (Å²) in [7, 11) is 1.81. The zero-order chi connectivity index (χ0) is 26.4. The van der Waals surface area contributed by atoms with Gasteiger partial charge in [0.05, 0.1) is 16.7 Å². The Morgan fingerprint density at radius 2 is 1.70 bits per heavy atom. The first-order chi connectivity index (χ1) is 17.7. The molecule has 1 fully saturated rings. The first-order valence-electron chi connectivity index (χ1n) is 12.2. The molecule has 3 aromatic carbocycles. The summed E-state index contributed by atoms with van der Waals surface area (Å²) in [6.45, 7) is 1.80. The standard InChI is InChI=1S/C29H29Cl3N2O3/c1-33(18-21-6-3-2-4-7-21)27(35)17-29(20-37-24-11-9-23(30)10-12-24)14-5-15-34(19-29)28(36)22-8-13-25(31)26(32)16-22/h2-4,6-13,16H,5,14-15,17-20H2,1H3. The number of hydrogen-bond acceptors (Lipinski definition) is 3. The fourth-order valence-corrected chi connectivity index (χ4v) is 5.10. The summed E-state index contributed by atoms with van der Waals surface area (Å²) in [6, 6.07) is 21.9. The Labute approximate surface area is 232 Å². The van der Waals surface area contributed by atoms with E-state index in [2.05, 4.69) is 0 Å². The van der Waals surface area contributed by atoms with Crippen LogP contribution in [-0.2, 0) is 11.3 Å². The van der Waals surface area contributed by atoms with Crippen molar-refractivity contribution >= 4 is 46.6 Å². The van der Waals surface area contributed by atoms with Crippen molar-refractivity contribution in [1.82, 2.24) is 9.80 Å². The molecule has 0 saturated carbocycles. The number of hydrogen-bond donors (Lipinski definition) is 0. The van der Waals surface area contributed by atoms with E-state index in [1.165, 1.54) is 0 Å². The van der Waals surface area contributed by atoms with Crippen molar-refractivity contribution in [3.63, 3.8) is 0 Å². The number of halogens is 3. The van der Waals surface area contributed by atoms with Crippen LogP contribution in [-0.4, -0.2) is 48.4 Å². The second-order valence-corrected chi connectivity index (χ2v) is 10.9. The summed E-state index contributed by atoms with van der Waals surface area (Å²) in [4.78, 5) is 30.3. The molecule has 0 aliphatic carbocycles. The van der Waals surface area contributed by atoms with Gasteiger partial charge in [0.25, 0.3) is 5.91 Å². The molecule has 1 heterocycles. The number of carbonyl (C=O) groups excluding carboxylic acids is 2. The summed E-state index contributed by atoms with van der Waals surface area (Å²) in [5.74, 6) is 0.536. The summed E-state index contributed by atoms with van der Waals surface area (Å²) >= 11 is 18.2. The van der Waals surface area contributed by atoms with Gasteiger partial charge in [-0.1, -0.05) is 65.1 Å². The van der Waals surface area contributed by atoms with Crippen LogP contribution in [0.25, 0.3) is 0 Å². The van der Waals surface area contributed by atoms with Crippen LogP contribution >= 0.6 is 34.8 Å². The summed E-state index contributed by atoms with van der Waals surface area (Å²) in [6.07, 6.45) is 1.78. The number of carbonyl (C=O) groups is 2. The van der Waals surface area contributed by atoms with Crippen LogP contribution in [0, 0.1) is 5.41 Å². The molecule has 1 aliphatic heterocycles. The predicted molar refractivity (Wildman–Crippen MR) is 149 cm³/mol. The van der Waals surface area contributed by atoms with E-state index in [9.17, 15) is 9.59 Å². The number of piperidine rings is 1.